The van der Waals surface area contributed by atoms with Crippen molar-refractivity contribution >= 4 is 52.3 Å². The lowest BCUT2D eigenvalue weighted by molar-refractivity contribution is -0.144. The summed E-state index contributed by atoms with van der Waals surface area (Å²) in [6.07, 6.45) is -0.512. The molecule has 2 fully saturated rings. The number of hydrogen-bond donors (Lipinski definition) is 3. The number of nitrogens with one attached hydrogen (secondary N) is 2. The van der Waals surface area contributed by atoms with Crippen LogP contribution in [0.4, 0.5) is 24.5 Å². The molecule has 16 nitrogen and oxygen atoms in total. The third-order valence-electron chi connectivity index (χ3n) is 12.1. The number of halogens is 3. The highest BCUT2D eigenvalue weighted by Crippen LogP contribution is 2.40. The lowest BCUT2D eigenvalue weighted by atomic mass is 9.85. The maximum Gasteiger partial charge on any atom is 0.419 e. The molecule has 5 aromatic rings. The van der Waals surface area contributed by atoms with E-state index >= 15 is 0 Å². The van der Waals surface area contributed by atoms with Gasteiger partial charge in [-0.25, -0.2) is 9.97 Å². The first-order valence-electron chi connectivity index (χ1n) is 22.8. The van der Waals surface area contributed by atoms with Crippen LogP contribution in [0.5, 0.6) is 5.75 Å². The number of unbranched alkanes of at least 4 members (excludes halogenated alkanes) is 1. The SMILES string of the molecule is CC(C)(C)C(NC(=O)COCCCCOc1ccc(-c2ccc(N3C(=S)N(c4cnc(C#N)c(C(F)(F)F)c4)C(=O)C3(C)C)cc2)cc1)C(=O)N1C[C@H](O)C[C@H]1C(=O)NCc1ccc(-c2cnco2)cc1. The first kappa shape index (κ1) is 51.6. The fourth-order valence-corrected chi connectivity index (χ4v) is 8.84. The fraction of sp³-hybridized carbons (Fsp3) is 0.373. The first-order chi connectivity index (χ1) is 33.7. The molecule has 7 rings (SSSR count). The van der Waals surface area contributed by atoms with Crippen molar-refractivity contribution in [3.8, 4) is 34.3 Å². The summed E-state index contributed by atoms with van der Waals surface area (Å²) in [5, 5.41) is 25.3. The molecule has 3 N–H and O–H groups in total. The van der Waals surface area contributed by atoms with Gasteiger partial charge in [0.1, 0.15) is 36.0 Å². The van der Waals surface area contributed by atoms with E-state index in [1.165, 1.54) is 17.4 Å². The largest absolute Gasteiger partial charge is 0.494 e. The molecule has 2 saturated heterocycles. The number of thiocarbonyl (C=S) groups is 1. The van der Waals surface area contributed by atoms with E-state index in [9.17, 15) is 37.5 Å². The van der Waals surface area contributed by atoms with Gasteiger partial charge in [-0.3, -0.25) is 24.1 Å². The van der Waals surface area contributed by atoms with Crippen LogP contribution in [0.2, 0.25) is 0 Å². The molecule has 0 radical (unpaired) electrons. The molecule has 0 saturated carbocycles. The van der Waals surface area contributed by atoms with Crippen LogP contribution in [0.25, 0.3) is 22.5 Å². The summed E-state index contributed by atoms with van der Waals surface area (Å²) in [5.74, 6) is -0.684. The topological polar surface area (TPSA) is 203 Å². The minimum Gasteiger partial charge on any atom is -0.494 e. The summed E-state index contributed by atoms with van der Waals surface area (Å²) in [7, 11) is 0. The van der Waals surface area contributed by atoms with Gasteiger partial charge in [-0.2, -0.15) is 18.4 Å². The molecule has 2 aromatic heterocycles. The minimum absolute atomic E-state index is 0.0387. The Morgan fingerprint density at radius 3 is 2.23 bits per heavy atom. The number of aromatic nitrogens is 2. The lowest BCUT2D eigenvalue weighted by Gasteiger charge is -2.35. The number of aliphatic hydroxyl groups excluding tert-OH is 1. The smallest absolute Gasteiger partial charge is 0.419 e. The zero-order chi connectivity index (χ0) is 51.3. The monoisotopic (exact) mass is 994 g/mol. The van der Waals surface area contributed by atoms with Crippen molar-refractivity contribution in [1.29, 1.82) is 5.26 Å². The van der Waals surface area contributed by atoms with E-state index < -0.39 is 70.2 Å². The second kappa shape index (κ2) is 21.4. The molecule has 0 spiro atoms. The van der Waals surface area contributed by atoms with Gasteiger partial charge in [0.2, 0.25) is 17.7 Å². The summed E-state index contributed by atoms with van der Waals surface area (Å²) < 4.78 is 58.1. The van der Waals surface area contributed by atoms with Gasteiger partial charge in [-0.05, 0) is 91.3 Å². The molecule has 2 aliphatic heterocycles. The van der Waals surface area contributed by atoms with Crippen LogP contribution >= 0.6 is 12.2 Å². The maximum atomic E-state index is 14.0. The maximum absolute atomic E-state index is 14.0. The molecular weight excluding hydrogens is 942 g/mol. The fourth-order valence-electron chi connectivity index (χ4n) is 8.32. The Bertz CT molecular complexity index is 2780. The molecule has 4 amide bonds. The number of ether oxygens (including phenoxy) is 2. The van der Waals surface area contributed by atoms with Gasteiger partial charge in [-0.1, -0.05) is 69.3 Å². The molecule has 3 aromatic carbocycles. The van der Waals surface area contributed by atoms with Gasteiger partial charge >= 0.3 is 6.18 Å². The van der Waals surface area contributed by atoms with Gasteiger partial charge in [0.05, 0.1) is 36.4 Å². The van der Waals surface area contributed by atoms with E-state index in [0.29, 0.717) is 42.7 Å². The van der Waals surface area contributed by atoms with Crippen molar-refractivity contribution in [3.05, 3.63) is 114 Å². The number of nitriles is 1. The number of pyridine rings is 1. The van der Waals surface area contributed by atoms with Gasteiger partial charge in [0.15, 0.2) is 23.0 Å². The molecule has 0 aliphatic carbocycles. The highest BCUT2D eigenvalue weighted by Gasteiger charge is 2.51. The molecule has 20 heteroatoms. The van der Waals surface area contributed by atoms with Crippen LogP contribution in [0.1, 0.15) is 70.7 Å². The van der Waals surface area contributed by atoms with Crippen LogP contribution in [-0.2, 0) is 36.6 Å². The summed E-state index contributed by atoms with van der Waals surface area (Å²) in [4.78, 5) is 65.5. The van der Waals surface area contributed by atoms with E-state index in [1.54, 1.807) is 37.1 Å². The van der Waals surface area contributed by atoms with Crippen molar-refractivity contribution in [1.82, 2.24) is 25.5 Å². The van der Waals surface area contributed by atoms with Crippen LogP contribution in [0.15, 0.2) is 102 Å². The van der Waals surface area contributed by atoms with E-state index in [2.05, 4.69) is 20.6 Å². The molecular formula is C51H53F3N8O8S. The standard InChI is InChI=1S/C51H53F3N8O8S/c1-49(2,3)44(46(66)60-28-37(63)23-41(60)45(65)58-25-31-8-10-34(11-9-31)42-27-56-30-70-42)59-43(64)29-68-20-6-7-21-69-38-18-14-33(15-19-38)32-12-16-35(17-13-32)62-48(71)61(47(67)50(62,4)5)36-22-39(51(52,53)54)40(24-55)57-26-36/h8-19,22,26-27,30,37,41,44,63H,6-7,20-21,23,25,28-29H2,1-5H3,(H,58,65)(H,59,64)/t37-,41+,44?/m1/s1. The number of carbonyl (C=O) groups excluding carboxylic acids is 4. The van der Waals surface area contributed by atoms with E-state index in [1.807, 2.05) is 81.4 Å². The lowest BCUT2D eigenvalue weighted by Crippen LogP contribution is -2.58. The zero-order valence-electron chi connectivity index (χ0n) is 39.7. The average Bonchev–Trinajstić information content (AvgIpc) is 4.06. The van der Waals surface area contributed by atoms with E-state index in [-0.39, 0.29) is 43.5 Å². The number of β-amino-alcohol motifs (C(OH)–C–C–N with tert-alkyl or cyclic N) is 1. The number of nitrogens with zero attached hydrogens (tertiary/aromatic N) is 6. The van der Waals surface area contributed by atoms with Crippen molar-refractivity contribution in [3.63, 3.8) is 0 Å². The molecule has 372 valence electrons. The van der Waals surface area contributed by atoms with E-state index in [0.717, 1.165) is 33.4 Å². The Balaban J connectivity index is 0.841. The number of likely N-dealkylation sites (tertiary alicyclic amines) is 1. The minimum atomic E-state index is -4.87. The number of aliphatic hydroxyl groups is 1. The summed E-state index contributed by atoms with van der Waals surface area (Å²) >= 11 is 5.64. The normalized spacial score (nSPS) is 17.3. The van der Waals surface area contributed by atoms with Gasteiger partial charge in [-0.15, -0.1) is 0 Å². The van der Waals surface area contributed by atoms with Gasteiger partial charge in [0.25, 0.3) is 5.91 Å². The Hall–Kier alpha value is -7.21. The third-order valence-corrected chi connectivity index (χ3v) is 12.5. The van der Waals surface area contributed by atoms with Crippen molar-refractivity contribution in [2.75, 3.05) is 36.2 Å². The summed E-state index contributed by atoms with van der Waals surface area (Å²) in [6.45, 7) is 9.18. The molecule has 3 atom stereocenters. The Morgan fingerprint density at radius 1 is 0.958 bits per heavy atom. The molecule has 0 bridgehead atoms. The number of benzene rings is 3. The molecule has 2 aliphatic rings. The number of rotatable bonds is 17. The predicted octanol–water partition coefficient (Wildman–Crippen LogP) is 7.20. The quantitative estimate of drug-likeness (QED) is 0.0624. The highest BCUT2D eigenvalue weighted by molar-refractivity contribution is 7.81. The molecule has 1 unspecified atom stereocenters. The number of carbonyl (C=O) groups is 4. The Morgan fingerprint density at radius 2 is 1.61 bits per heavy atom. The molecule has 4 heterocycles. The zero-order valence-corrected chi connectivity index (χ0v) is 40.5. The first-order valence-corrected chi connectivity index (χ1v) is 23.2. The van der Waals surface area contributed by atoms with E-state index in [4.69, 9.17) is 31.4 Å². The number of oxazole rings is 1. The third kappa shape index (κ3) is 11.9. The predicted molar refractivity (Wildman–Crippen MR) is 259 cm³/mol. The summed E-state index contributed by atoms with van der Waals surface area (Å²) in [5.41, 5.74) is -0.335. The average molecular weight is 995 g/mol. The number of hydrogen-bond acceptors (Lipinski definition) is 12. The molecule has 71 heavy (non-hydrogen) atoms. The number of amides is 4. The van der Waals surface area contributed by atoms with Gasteiger partial charge < -0.3 is 39.4 Å². The highest BCUT2D eigenvalue weighted by atomic mass is 32.1. The van der Waals surface area contributed by atoms with Crippen LogP contribution < -0.4 is 25.2 Å². The second-order valence-corrected chi connectivity index (χ2v) is 19.1. The van der Waals surface area contributed by atoms with Crippen LogP contribution in [0, 0.1) is 16.7 Å². The van der Waals surface area contributed by atoms with Crippen LogP contribution in [-0.4, -0.2) is 98.8 Å². The summed E-state index contributed by atoms with van der Waals surface area (Å²) in [6, 6.07) is 22.3. The number of anilines is 2. The Labute approximate surface area is 413 Å². The van der Waals surface area contributed by atoms with Crippen molar-refractivity contribution < 1.29 is 51.3 Å². The Kier molecular flexibility index (Phi) is 15.6. The van der Waals surface area contributed by atoms with Crippen LogP contribution in [0.3, 0.4) is 0 Å². The van der Waals surface area contributed by atoms with Gasteiger partial charge in [0, 0.05) is 37.4 Å². The van der Waals surface area contributed by atoms with Crippen molar-refractivity contribution in [2.24, 2.45) is 5.41 Å². The van der Waals surface area contributed by atoms with Crippen molar-refractivity contribution in [2.45, 2.75) is 90.3 Å². The number of alkyl halides is 3. The second-order valence-electron chi connectivity index (χ2n) is 18.7.